The van der Waals surface area contributed by atoms with E-state index in [-0.39, 0.29) is 47.3 Å². The Morgan fingerprint density at radius 2 is 1.71 bits per heavy atom. The van der Waals surface area contributed by atoms with Gasteiger partial charge in [-0.15, -0.1) is 0 Å². The fraction of sp³-hybridized carbons (Fsp3) is 0.569. The van der Waals surface area contributed by atoms with Crippen molar-refractivity contribution < 1.29 is 24.5 Å². The maximum Gasteiger partial charge on any atom is 0.163 e. The minimum Gasteiger partial charge on any atom is -0.504 e. The predicted octanol–water partition coefficient (Wildman–Crippen LogP) is 9.87. The zero-order valence-electron chi connectivity index (χ0n) is 44.8. The number of ketones is 2. The van der Waals surface area contributed by atoms with E-state index in [4.69, 9.17) is 10.5 Å². The van der Waals surface area contributed by atoms with Gasteiger partial charge in [-0.3, -0.25) is 9.59 Å². The largest absolute Gasteiger partial charge is 0.504 e. The highest BCUT2D eigenvalue weighted by atomic mass is 16.5. The van der Waals surface area contributed by atoms with Crippen LogP contribution in [0.1, 0.15) is 131 Å². The molecule has 1 saturated heterocycles. The molecule has 3 aromatic rings. The molecule has 3 aliphatic heterocycles. The highest BCUT2D eigenvalue weighted by Crippen LogP contribution is 2.60. The molecule has 8 N–H and O–H groups in total. The number of aryl methyl sites for hydroxylation is 3. The van der Waals surface area contributed by atoms with Crippen LogP contribution in [-0.4, -0.2) is 79.4 Å². The van der Waals surface area contributed by atoms with E-state index < -0.39 is 0 Å². The number of ether oxygens (including phenoxy) is 1. The van der Waals surface area contributed by atoms with Crippen LogP contribution in [0.4, 0.5) is 0 Å². The van der Waals surface area contributed by atoms with Crippen LogP contribution in [0.5, 0.6) is 11.5 Å². The molecule has 7 aliphatic rings. The number of benzene rings is 3. The quantitative estimate of drug-likeness (QED) is 0.0311. The van der Waals surface area contributed by atoms with Crippen molar-refractivity contribution in [1.29, 1.82) is 0 Å². The van der Waals surface area contributed by atoms with Gasteiger partial charge in [0.1, 0.15) is 5.78 Å². The molecule has 10 heteroatoms. The average molecular weight is 1020 g/mol. The summed E-state index contributed by atoms with van der Waals surface area (Å²) in [4.78, 5) is 27.9. The number of hydrogen-bond donors (Lipinski definition) is 7. The first-order valence-electron chi connectivity index (χ1n) is 29.3. The number of aliphatic hydroxyl groups is 1. The van der Waals surface area contributed by atoms with Crippen LogP contribution in [0.15, 0.2) is 108 Å². The molecule has 3 heterocycles. The standard InChI is InChI=1S/C65H87N5O5/c1-75-62-33-48(51(32-60(62)73)31-52-41-70-63(66)34-49(52)21-19-45-13-8-12-44(28-45)18-17-43-10-4-2-5-11-43)22-24-56(71)36-57(72)29-46-20-23-54-35-55(69-42-61(74)47-14-6-3-7-15-47)38-65(54,37-46)39-59-58-25-27-67-40-53(58)30-50-16-9-26-68-64(50)59/h2,4-5,8-13,16,22,24,28,32-34,41,46-47,50,53-55,58-59,61,63-64,67-70,73-74H,3,6-7,14-15,17-21,23,25-27,29-31,35-40,42,66H2,1H3/b24-22+/t46-,50-,53-,54-,55+,58+,59+,61-,63?,64+,65+/m0/s1. The number of phenolic OH excluding ortho intramolecular Hbond substituents is 1. The summed E-state index contributed by atoms with van der Waals surface area (Å²) in [6.07, 6.45) is 31.3. The minimum absolute atomic E-state index is 0.0246. The van der Waals surface area contributed by atoms with Gasteiger partial charge in [0.05, 0.1) is 25.8 Å². The van der Waals surface area contributed by atoms with Crippen LogP contribution in [0.2, 0.25) is 0 Å². The number of carbonyl (C=O) groups is 2. The number of aliphatic hydroxyl groups excluding tert-OH is 1. The summed E-state index contributed by atoms with van der Waals surface area (Å²) in [6, 6.07) is 23.9. The molecule has 75 heavy (non-hydrogen) atoms. The molecule has 1 unspecified atom stereocenters. The second-order valence-electron chi connectivity index (χ2n) is 24.2. The topological polar surface area (TPSA) is 158 Å². The number of nitrogens with one attached hydrogen (secondary N) is 4. The molecule has 0 bridgehead atoms. The molecule has 5 fully saturated rings. The van der Waals surface area contributed by atoms with Gasteiger partial charge >= 0.3 is 0 Å². The fourth-order valence-electron chi connectivity index (χ4n) is 15.7. The molecular formula is C65H87N5O5. The van der Waals surface area contributed by atoms with Crippen molar-refractivity contribution in [3.63, 3.8) is 0 Å². The van der Waals surface area contributed by atoms with E-state index in [0.717, 1.165) is 113 Å². The summed E-state index contributed by atoms with van der Waals surface area (Å²) in [5.41, 5.74) is 14.3. The molecule has 0 radical (unpaired) electrons. The summed E-state index contributed by atoms with van der Waals surface area (Å²) < 4.78 is 5.55. The molecule has 4 aliphatic carbocycles. The molecule has 0 aromatic heterocycles. The second kappa shape index (κ2) is 25.1. The van der Waals surface area contributed by atoms with Gasteiger partial charge in [0, 0.05) is 37.8 Å². The normalized spacial score (nSPS) is 30.1. The molecule has 10 nitrogen and oxygen atoms in total. The maximum absolute atomic E-state index is 14.1. The highest BCUT2D eigenvalue weighted by molar-refractivity contribution is 6.06. The number of piperidine rings is 1. The number of allylic oxidation sites excluding steroid dienone is 3. The third kappa shape index (κ3) is 13.5. The molecule has 3 aromatic carbocycles. The number of aromatic hydroxyl groups is 1. The Kier molecular flexibility index (Phi) is 17.9. The molecule has 402 valence electrons. The zero-order chi connectivity index (χ0) is 51.7. The summed E-state index contributed by atoms with van der Waals surface area (Å²) in [7, 11) is 1.53. The van der Waals surface area contributed by atoms with E-state index in [9.17, 15) is 19.8 Å². The number of hydrogen-bond acceptors (Lipinski definition) is 10. The van der Waals surface area contributed by atoms with Crippen LogP contribution in [-0.2, 0) is 35.3 Å². The molecular weight excluding hydrogens is 931 g/mol. The lowest BCUT2D eigenvalue weighted by Crippen LogP contribution is -2.57. The molecule has 0 amide bonds. The number of methoxy groups -OCH3 is 1. The summed E-state index contributed by atoms with van der Waals surface area (Å²) in [5, 5.41) is 37.4. The van der Waals surface area contributed by atoms with Crippen molar-refractivity contribution in [3.8, 4) is 11.5 Å². The summed E-state index contributed by atoms with van der Waals surface area (Å²) in [6.45, 7) is 3.85. The van der Waals surface area contributed by atoms with Crippen LogP contribution >= 0.6 is 0 Å². The Hall–Kier alpha value is -4.84. The van der Waals surface area contributed by atoms with Crippen molar-refractivity contribution in [3.05, 3.63) is 136 Å². The highest BCUT2D eigenvalue weighted by Gasteiger charge is 2.55. The predicted molar refractivity (Wildman–Crippen MR) is 301 cm³/mol. The Bertz CT molecular complexity index is 2550. The van der Waals surface area contributed by atoms with Gasteiger partial charge < -0.3 is 42.0 Å². The average Bonchev–Trinajstić information content (AvgIpc) is 3.80. The first-order chi connectivity index (χ1) is 36.6. The summed E-state index contributed by atoms with van der Waals surface area (Å²) >= 11 is 0. The summed E-state index contributed by atoms with van der Waals surface area (Å²) in [5.74, 6) is 4.02. The van der Waals surface area contributed by atoms with Gasteiger partial charge in [-0.25, -0.2) is 0 Å². The fourth-order valence-corrected chi connectivity index (χ4v) is 15.7. The second-order valence-corrected chi connectivity index (χ2v) is 24.2. The smallest absolute Gasteiger partial charge is 0.163 e. The van der Waals surface area contributed by atoms with Crippen LogP contribution < -0.4 is 31.7 Å². The number of Topliss-reactive ketones (excluding diaryl/α,β-unsaturated/α-hetero) is 1. The number of dihydropyridines is 1. The van der Waals surface area contributed by atoms with Crippen molar-refractivity contribution in [2.24, 2.45) is 52.6 Å². The van der Waals surface area contributed by atoms with Gasteiger partial charge in [-0.05, 0) is 219 Å². The SMILES string of the molecule is COc1cc(/C=C/C(=O)CC(=O)C[C@@H]2CC[C@H]3C[C@@H](NC[C@H](O)C4CCCCC4)C[C@@]3(C[C@@H]3[C@@H]4CCNC[C@@H]4C[C@@H]4C=CCN[C@@H]34)C2)c(CC2=CNC(N)C=C2CCc2cccc(CCc3ccccc3)c2)cc1O. The van der Waals surface area contributed by atoms with E-state index in [1.54, 1.807) is 24.3 Å². The van der Waals surface area contributed by atoms with Gasteiger partial charge in [0.15, 0.2) is 17.3 Å². The lowest BCUT2D eigenvalue weighted by Gasteiger charge is -2.54. The van der Waals surface area contributed by atoms with Crippen LogP contribution in [0.25, 0.3) is 6.08 Å². The molecule has 10 rings (SSSR count). The van der Waals surface area contributed by atoms with Crippen LogP contribution in [0, 0.1) is 46.8 Å². The minimum atomic E-state index is -0.304. The lowest BCUT2D eigenvalue weighted by atomic mass is 9.54. The Balaban J connectivity index is 0.793. The van der Waals surface area contributed by atoms with Crippen molar-refractivity contribution in [2.45, 2.75) is 153 Å². The van der Waals surface area contributed by atoms with Crippen molar-refractivity contribution >= 4 is 17.6 Å². The first kappa shape index (κ1) is 53.6. The Morgan fingerprint density at radius 1 is 0.907 bits per heavy atom. The van der Waals surface area contributed by atoms with E-state index >= 15 is 0 Å². The zero-order valence-corrected chi connectivity index (χ0v) is 44.8. The molecule has 0 spiro atoms. The third-order valence-corrected chi connectivity index (χ3v) is 19.3. The van der Waals surface area contributed by atoms with E-state index in [1.807, 2.05) is 6.20 Å². The number of rotatable bonds is 21. The van der Waals surface area contributed by atoms with Gasteiger partial charge in [0.25, 0.3) is 0 Å². The lowest BCUT2D eigenvalue weighted by molar-refractivity contribution is -0.126. The van der Waals surface area contributed by atoms with E-state index in [1.165, 1.54) is 62.3 Å². The number of nitrogens with two attached hydrogens (primary N) is 1. The van der Waals surface area contributed by atoms with E-state index in [2.05, 4.69) is 94.1 Å². The molecule has 4 saturated carbocycles. The third-order valence-electron chi connectivity index (χ3n) is 19.3. The number of carbonyl (C=O) groups excluding carboxylic acids is 2. The Labute approximate surface area is 447 Å². The maximum atomic E-state index is 14.1. The van der Waals surface area contributed by atoms with Gasteiger partial charge in [-0.2, -0.15) is 0 Å². The van der Waals surface area contributed by atoms with Crippen molar-refractivity contribution in [2.75, 3.05) is 33.3 Å². The molecule has 11 atom stereocenters. The van der Waals surface area contributed by atoms with Crippen molar-refractivity contribution in [1.82, 2.24) is 21.3 Å². The van der Waals surface area contributed by atoms with E-state index in [0.29, 0.717) is 72.7 Å². The monoisotopic (exact) mass is 1020 g/mol. The number of fused-ring (bicyclic) bond motifs is 3. The van der Waals surface area contributed by atoms with Gasteiger partial charge in [0.2, 0.25) is 0 Å². The number of phenols is 1. The van der Waals surface area contributed by atoms with Gasteiger partial charge in [-0.1, -0.05) is 92.1 Å². The first-order valence-corrected chi connectivity index (χ1v) is 29.3. The van der Waals surface area contributed by atoms with Crippen LogP contribution in [0.3, 0.4) is 0 Å². The Morgan fingerprint density at radius 3 is 2.53 bits per heavy atom.